The number of furan rings is 1. The zero-order valence-corrected chi connectivity index (χ0v) is 21.8. The number of hydrogen-bond donors (Lipinski definition) is 3. The van der Waals surface area contributed by atoms with Gasteiger partial charge in [-0.15, -0.1) is 0 Å². The predicted molar refractivity (Wildman–Crippen MR) is 146 cm³/mol. The van der Waals surface area contributed by atoms with E-state index in [4.69, 9.17) is 26.1 Å². The summed E-state index contributed by atoms with van der Waals surface area (Å²) in [5, 5.41) is 9.31. The van der Waals surface area contributed by atoms with Crippen LogP contribution in [0, 0.1) is 0 Å². The number of rotatable bonds is 7. The molecular formula is C26H22BrN3O5S. The van der Waals surface area contributed by atoms with Crippen LogP contribution in [0.25, 0.3) is 11.0 Å². The third-order valence-corrected chi connectivity index (χ3v) is 5.90. The first-order valence-electron chi connectivity index (χ1n) is 10.9. The summed E-state index contributed by atoms with van der Waals surface area (Å²) in [4.78, 5) is 25.3. The summed E-state index contributed by atoms with van der Waals surface area (Å²) in [6, 6.07) is 19.1. The molecule has 0 bridgehead atoms. The molecule has 8 nitrogen and oxygen atoms in total. The van der Waals surface area contributed by atoms with Crippen molar-refractivity contribution >= 4 is 67.4 Å². The van der Waals surface area contributed by atoms with Gasteiger partial charge in [0.15, 0.2) is 10.9 Å². The van der Waals surface area contributed by atoms with Gasteiger partial charge in [0.05, 0.1) is 23.9 Å². The minimum atomic E-state index is -0.408. The summed E-state index contributed by atoms with van der Waals surface area (Å²) in [6.45, 7) is 2.40. The molecular weight excluding hydrogens is 546 g/mol. The molecule has 4 aromatic rings. The van der Waals surface area contributed by atoms with Gasteiger partial charge in [0.1, 0.15) is 17.1 Å². The molecule has 0 unspecified atom stereocenters. The van der Waals surface area contributed by atoms with Crippen LogP contribution in [0.1, 0.15) is 27.8 Å². The summed E-state index contributed by atoms with van der Waals surface area (Å²) < 4.78 is 17.2. The van der Waals surface area contributed by atoms with Crippen molar-refractivity contribution in [2.75, 3.05) is 24.4 Å². The van der Waals surface area contributed by atoms with Crippen molar-refractivity contribution in [3.05, 3.63) is 82.5 Å². The fourth-order valence-electron chi connectivity index (χ4n) is 3.40. The van der Waals surface area contributed by atoms with Crippen LogP contribution in [0.2, 0.25) is 0 Å². The molecule has 3 aromatic carbocycles. The molecule has 2 amide bonds. The van der Waals surface area contributed by atoms with Crippen LogP contribution >= 0.6 is 28.1 Å². The summed E-state index contributed by atoms with van der Waals surface area (Å²) in [7, 11) is 1.49. The van der Waals surface area contributed by atoms with E-state index in [-0.39, 0.29) is 16.8 Å². The second-order valence-corrected chi connectivity index (χ2v) is 8.77. The molecule has 0 saturated carbocycles. The number of halogens is 1. The summed E-state index contributed by atoms with van der Waals surface area (Å²) in [6.07, 6.45) is 0. The van der Waals surface area contributed by atoms with E-state index in [0.29, 0.717) is 45.1 Å². The molecule has 0 aliphatic heterocycles. The number of nitrogens with one attached hydrogen (secondary N) is 3. The number of benzene rings is 3. The Bertz CT molecular complexity index is 1420. The van der Waals surface area contributed by atoms with E-state index in [1.807, 2.05) is 25.1 Å². The van der Waals surface area contributed by atoms with Gasteiger partial charge < -0.3 is 24.5 Å². The highest BCUT2D eigenvalue weighted by Gasteiger charge is 2.16. The lowest BCUT2D eigenvalue weighted by Crippen LogP contribution is -2.34. The van der Waals surface area contributed by atoms with Crippen LogP contribution in [-0.4, -0.2) is 30.6 Å². The van der Waals surface area contributed by atoms with Gasteiger partial charge in [-0.25, -0.2) is 0 Å². The Morgan fingerprint density at radius 1 is 0.972 bits per heavy atom. The topological polar surface area (TPSA) is 102 Å². The number of para-hydroxylation sites is 1. The molecule has 0 saturated heterocycles. The highest BCUT2D eigenvalue weighted by Crippen LogP contribution is 2.29. The number of ether oxygens (including phenoxy) is 2. The second kappa shape index (κ2) is 11.2. The Morgan fingerprint density at radius 2 is 1.78 bits per heavy atom. The number of carbonyl (C=O) groups is 2. The minimum Gasteiger partial charge on any atom is -0.494 e. The van der Waals surface area contributed by atoms with Crippen LogP contribution in [0.5, 0.6) is 11.5 Å². The maximum atomic E-state index is 12.7. The fourth-order valence-corrected chi connectivity index (χ4v) is 4.11. The van der Waals surface area contributed by atoms with Gasteiger partial charge in [-0.1, -0.05) is 18.2 Å². The Hall–Kier alpha value is -3.89. The van der Waals surface area contributed by atoms with E-state index in [0.717, 1.165) is 5.39 Å². The van der Waals surface area contributed by atoms with Crippen LogP contribution in [-0.2, 0) is 0 Å². The van der Waals surface area contributed by atoms with Crippen LogP contribution in [0.15, 0.2) is 75.6 Å². The van der Waals surface area contributed by atoms with Gasteiger partial charge in [-0.05, 0) is 77.5 Å². The van der Waals surface area contributed by atoms with Crippen LogP contribution in [0.3, 0.4) is 0 Å². The summed E-state index contributed by atoms with van der Waals surface area (Å²) in [5.74, 6) is 0.445. The Labute approximate surface area is 221 Å². The molecule has 3 N–H and O–H groups in total. The van der Waals surface area contributed by atoms with Gasteiger partial charge >= 0.3 is 0 Å². The van der Waals surface area contributed by atoms with Crippen LogP contribution in [0.4, 0.5) is 11.4 Å². The lowest BCUT2D eigenvalue weighted by molar-refractivity contribution is 0.0975. The summed E-state index contributed by atoms with van der Waals surface area (Å²) >= 11 is 8.68. The number of fused-ring (bicyclic) bond motifs is 1. The smallest absolute Gasteiger partial charge is 0.291 e. The van der Waals surface area contributed by atoms with Gasteiger partial charge in [-0.2, -0.15) is 0 Å². The number of carbonyl (C=O) groups excluding carboxylic acids is 2. The maximum absolute atomic E-state index is 12.7. The van der Waals surface area contributed by atoms with Crippen molar-refractivity contribution in [3.63, 3.8) is 0 Å². The molecule has 0 aliphatic rings. The monoisotopic (exact) mass is 567 g/mol. The second-order valence-electron chi connectivity index (χ2n) is 7.50. The average Bonchev–Trinajstić information content (AvgIpc) is 3.31. The van der Waals surface area contributed by atoms with Gasteiger partial charge in [0, 0.05) is 22.7 Å². The summed E-state index contributed by atoms with van der Waals surface area (Å²) in [5.41, 5.74) is 2.05. The molecule has 4 rings (SSSR count). The highest BCUT2D eigenvalue weighted by atomic mass is 79.9. The van der Waals surface area contributed by atoms with E-state index in [9.17, 15) is 9.59 Å². The molecule has 0 fully saturated rings. The van der Waals surface area contributed by atoms with E-state index < -0.39 is 5.91 Å². The minimum absolute atomic E-state index is 0.103. The Morgan fingerprint density at radius 3 is 2.50 bits per heavy atom. The fraction of sp³-hybridized carbons (Fsp3) is 0.115. The molecule has 0 atom stereocenters. The zero-order chi connectivity index (χ0) is 25.7. The molecule has 36 heavy (non-hydrogen) atoms. The first-order valence-corrected chi connectivity index (χ1v) is 12.1. The Kier molecular flexibility index (Phi) is 7.87. The molecule has 1 aromatic heterocycles. The number of thiocarbonyl (C=S) groups is 1. The maximum Gasteiger partial charge on any atom is 0.291 e. The SMILES string of the molecule is CCOc1ccc(C(=O)NC(=S)Nc2ccc(NC(=O)c3cc4ccccc4o3)c(OC)c2)cc1Br. The molecule has 1 heterocycles. The van der Waals surface area contributed by atoms with Crippen molar-refractivity contribution in [2.24, 2.45) is 0 Å². The molecule has 0 spiro atoms. The third kappa shape index (κ3) is 5.84. The largest absolute Gasteiger partial charge is 0.494 e. The van der Waals surface area contributed by atoms with Crippen molar-refractivity contribution in [1.29, 1.82) is 0 Å². The molecule has 0 aliphatic carbocycles. The highest BCUT2D eigenvalue weighted by molar-refractivity contribution is 9.10. The average molecular weight is 568 g/mol. The lowest BCUT2D eigenvalue weighted by Gasteiger charge is -2.14. The normalized spacial score (nSPS) is 10.5. The number of hydrogen-bond acceptors (Lipinski definition) is 6. The molecule has 184 valence electrons. The number of amides is 2. The van der Waals surface area contributed by atoms with E-state index >= 15 is 0 Å². The van der Waals surface area contributed by atoms with E-state index in [1.54, 1.807) is 48.5 Å². The van der Waals surface area contributed by atoms with Gasteiger partial charge in [0.25, 0.3) is 11.8 Å². The third-order valence-electron chi connectivity index (χ3n) is 5.08. The Balaban J connectivity index is 1.40. The van der Waals surface area contributed by atoms with E-state index in [1.165, 1.54) is 7.11 Å². The van der Waals surface area contributed by atoms with Gasteiger partial charge in [-0.3, -0.25) is 14.9 Å². The van der Waals surface area contributed by atoms with Crippen molar-refractivity contribution in [2.45, 2.75) is 6.92 Å². The van der Waals surface area contributed by atoms with Crippen LogP contribution < -0.4 is 25.4 Å². The van der Waals surface area contributed by atoms with Crippen molar-refractivity contribution in [3.8, 4) is 11.5 Å². The number of anilines is 2. The standard InChI is InChI=1S/C26H22BrN3O5S/c1-3-34-21-11-8-16(12-18(21)27)24(31)30-26(36)28-17-9-10-19(22(14-17)33-2)29-25(32)23-13-15-6-4-5-7-20(15)35-23/h4-14H,3H2,1-2H3,(H,29,32)(H2,28,30,31,36). The first-order chi connectivity index (χ1) is 17.4. The predicted octanol–water partition coefficient (Wildman–Crippen LogP) is 5.98. The zero-order valence-electron chi connectivity index (χ0n) is 19.4. The first kappa shape index (κ1) is 25.2. The lowest BCUT2D eigenvalue weighted by atomic mass is 10.2. The van der Waals surface area contributed by atoms with E-state index in [2.05, 4.69) is 31.9 Å². The van der Waals surface area contributed by atoms with Crippen molar-refractivity contribution in [1.82, 2.24) is 5.32 Å². The van der Waals surface area contributed by atoms with Crippen molar-refractivity contribution < 1.29 is 23.5 Å². The quantitative estimate of drug-likeness (QED) is 0.236. The number of methoxy groups -OCH3 is 1. The van der Waals surface area contributed by atoms with Gasteiger partial charge in [0.2, 0.25) is 0 Å². The molecule has 10 heteroatoms. The molecule has 0 radical (unpaired) electrons.